The second-order valence-corrected chi connectivity index (χ2v) is 8.25. The maximum Gasteiger partial charge on any atom is 0.256 e. The van der Waals surface area contributed by atoms with Gasteiger partial charge in [-0.05, 0) is 36.3 Å². The lowest BCUT2D eigenvalue weighted by atomic mass is 10.0. The van der Waals surface area contributed by atoms with Crippen molar-refractivity contribution in [3.05, 3.63) is 54.5 Å². The second kappa shape index (κ2) is 7.15. The van der Waals surface area contributed by atoms with E-state index in [0.29, 0.717) is 23.4 Å². The van der Waals surface area contributed by atoms with E-state index < -0.39 is 6.10 Å². The monoisotopic (exact) mass is 391 g/mol. The van der Waals surface area contributed by atoms with E-state index >= 15 is 0 Å². The van der Waals surface area contributed by atoms with Gasteiger partial charge in [-0.25, -0.2) is 9.97 Å². The van der Waals surface area contributed by atoms with Crippen LogP contribution in [-0.2, 0) is 4.79 Å². The fourth-order valence-corrected chi connectivity index (χ4v) is 5.03. The highest BCUT2D eigenvalue weighted by Gasteiger charge is 2.44. The van der Waals surface area contributed by atoms with E-state index in [0.717, 1.165) is 42.8 Å². The predicted octanol–water partition coefficient (Wildman–Crippen LogP) is 2.36. The normalized spacial score (nSPS) is 24.6. The third kappa shape index (κ3) is 3.15. The number of carbonyl (C=O) groups is 1. The number of aromatic nitrogens is 3. The minimum Gasteiger partial charge on any atom is -0.378 e. The average Bonchev–Trinajstić information content (AvgIpc) is 3.47. The van der Waals surface area contributed by atoms with E-state index in [4.69, 9.17) is 0 Å². The Hall–Kier alpha value is -2.93. The van der Waals surface area contributed by atoms with Crippen molar-refractivity contribution in [2.75, 3.05) is 25.0 Å². The molecule has 1 saturated heterocycles. The molecule has 5 rings (SSSR count). The van der Waals surface area contributed by atoms with Crippen molar-refractivity contribution >= 4 is 22.8 Å². The number of hydrogen-bond donors (Lipinski definition) is 2. The third-order valence-corrected chi connectivity index (χ3v) is 6.60. The Morgan fingerprint density at radius 1 is 1.17 bits per heavy atom. The minimum absolute atomic E-state index is 0.180. The lowest BCUT2D eigenvalue weighted by Gasteiger charge is -2.28. The highest BCUT2D eigenvalue weighted by Crippen LogP contribution is 2.42. The average molecular weight is 391 g/mol. The number of fused-ring (bicyclic) bond motifs is 2. The van der Waals surface area contributed by atoms with E-state index in [9.17, 15) is 9.90 Å². The molecular weight excluding hydrogens is 366 g/mol. The lowest BCUT2D eigenvalue weighted by molar-refractivity contribution is -0.139. The van der Waals surface area contributed by atoms with Crippen LogP contribution in [0.4, 0.5) is 5.82 Å². The third-order valence-electron chi connectivity index (χ3n) is 6.60. The van der Waals surface area contributed by atoms with Crippen molar-refractivity contribution in [2.45, 2.75) is 25.0 Å². The van der Waals surface area contributed by atoms with Gasteiger partial charge >= 0.3 is 0 Å². The highest BCUT2D eigenvalue weighted by molar-refractivity contribution is 5.87. The van der Waals surface area contributed by atoms with Gasteiger partial charge in [-0.1, -0.05) is 30.3 Å². The van der Waals surface area contributed by atoms with Gasteiger partial charge in [0, 0.05) is 32.4 Å². The molecule has 1 aliphatic heterocycles. The van der Waals surface area contributed by atoms with Crippen LogP contribution in [0.5, 0.6) is 0 Å². The molecular formula is C22H25N5O2. The maximum atomic E-state index is 12.8. The van der Waals surface area contributed by atoms with Crippen LogP contribution < -0.4 is 4.90 Å². The minimum atomic E-state index is -1.07. The molecule has 3 aromatic rings. The van der Waals surface area contributed by atoms with E-state index in [1.165, 1.54) is 0 Å². The quantitative estimate of drug-likeness (QED) is 0.713. The molecule has 1 aromatic carbocycles. The first-order valence-corrected chi connectivity index (χ1v) is 10.1. The van der Waals surface area contributed by atoms with E-state index in [-0.39, 0.29) is 5.91 Å². The van der Waals surface area contributed by atoms with E-state index in [1.54, 1.807) is 18.5 Å². The molecule has 4 atom stereocenters. The zero-order valence-electron chi connectivity index (χ0n) is 16.4. The topological polar surface area (TPSA) is 85.4 Å². The number of nitrogens with zero attached hydrogens (tertiary/aromatic N) is 4. The summed E-state index contributed by atoms with van der Waals surface area (Å²) in [5.74, 6) is 1.71. The molecule has 3 heterocycles. The summed E-state index contributed by atoms with van der Waals surface area (Å²) in [5, 5.41) is 11.5. The summed E-state index contributed by atoms with van der Waals surface area (Å²) >= 11 is 0. The van der Waals surface area contributed by atoms with Gasteiger partial charge in [-0.15, -0.1) is 0 Å². The molecule has 29 heavy (non-hydrogen) atoms. The van der Waals surface area contributed by atoms with Gasteiger partial charge in [0.1, 0.15) is 17.8 Å². The molecule has 0 bridgehead atoms. The second-order valence-electron chi connectivity index (χ2n) is 8.25. The van der Waals surface area contributed by atoms with Crippen LogP contribution in [0.15, 0.2) is 48.9 Å². The molecule has 1 saturated carbocycles. The fraction of sp³-hybridized carbons (Fsp3) is 0.409. The zero-order valence-corrected chi connectivity index (χ0v) is 16.4. The first-order valence-electron chi connectivity index (χ1n) is 10.1. The number of rotatable bonds is 4. The molecule has 1 amide bonds. The Bertz CT molecular complexity index is 1010. The number of benzene rings is 1. The van der Waals surface area contributed by atoms with Crippen molar-refractivity contribution in [3.8, 4) is 0 Å². The van der Waals surface area contributed by atoms with Crippen LogP contribution >= 0.6 is 0 Å². The van der Waals surface area contributed by atoms with Crippen LogP contribution in [0.1, 0.15) is 24.5 Å². The number of carbonyl (C=O) groups excluding carboxylic acids is 1. The van der Waals surface area contributed by atoms with Crippen molar-refractivity contribution in [1.29, 1.82) is 0 Å². The van der Waals surface area contributed by atoms with Crippen molar-refractivity contribution in [2.24, 2.45) is 11.8 Å². The molecule has 1 aliphatic carbocycles. The van der Waals surface area contributed by atoms with Crippen molar-refractivity contribution < 1.29 is 9.90 Å². The molecule has 2 aliphatic rings. The lowest BCUT2D eigenvalue weighted by Crippen LogP contribution is -2.36. The molecule has 0 unspecified atom stereocenters. The summed E-state index contributed by atoms with van der Waals surface area (Å²) in [7, 11) is 2.10. The van der Waals surface area contributed by atoms with E-state index in [1.807, 2.05) is 35.4 Å². The number of aromatic amines is 1. The highest BCUT2D eigenvalue weighted by atomic mass is 16.3. The molecule has 150 valence electrons. The smallest absolute Gasteiger partial charge is 0.256 e. The number of aliphatic hydroxyl groups is 1. The molecule has 7 heteroatoms. The Kier molecular flexibility index (Phi) is 4.47. The number of H-pyrrole nitrogens is 1. The fourth-order valence-electron chi connectivity index (χ4n) is 5.03. The Labute approximate surface area is 169 Å². The molecule has 0 spiro atoms. The number of aliphatic hydroxyl groups excluding tert-OH is 1. The summed E-state index contributed by atoms with van der Waals surface area (Å²) in [5.41, 5.74) is 1.51. The largest absolute Gasteiger partial charge is 0.378 e. The van der Waals surface area contributed by atoms with Crippen LogP contribution in [0, 0.1) is 11.8 Å². The van der Waals surface area contributed by atoms with E-state index in [2.05, 4.69) is 26.9 Å². The summed E-state index contributed by atoms with van der Waals surface area (Å²) in [6, 6.07) is 11.6. The molecule has 0 radical (unpaired) electrons. The standard InChI is InChI=1S/C22H25N5O2/c1-26(21-18-7-8-23-20(18)24-13-25-21)17-9-15-11-27(12-16(15)10-17)22(29)19(28)14-5-3-2-4-6-14/h2-8,13,15-17,19,28H,9-12H2,1H3,(H,23,24,25)/t15-,16+,17+,19-/m1/s1. The maximum absolute atomic E-state index is 12.8. The van der Waals surface area contributed by atoms with Crippen LogP contribution in [-0.4, -0.2) is 57.0 Å². The summed E-state index contributed by atoms with van der Waals surface area (Å²) in [4.78, 5) is 28.8. The number of anilines is 1. The summed E-state index contributed by atoms with van der Waals surface area (Å²) < 4.78 is 0. The Morgan fingerprint density at radius 3 is 2.62 bits per heavy atom. The van der Waals surface area contributed by atoms with Gasteiger partial charge in [-0.3, -0.25) is 4.79 Å². The first-order chi connectivity index (χ1) is 14.1. The van der Waals surface area contributed by atoms with Crippen LogP contribution in [0.25, 0.3) is 11.0 Å². The Morgan fingerprint density at radius 2 is 1.90 bits per heavy atom. The SMILES string of the molecule is CN(c1ncnc2[nH]ccc12)[C@H]1C[C@@H]2CN(C(=O)[C@H](O)c3ccccc3)C[C@@H]2C1. The molecule has 2 N–H and O–H groups in total. The zero-order chi connectivity index (χ0) is 20.0. The van der Waals surface area contributed by atoms with Gasteiger partial charge in [0.2, 0.25) is 0 Å². The summed E-state index contributed by atoms with van der Waals surface area (Å²) in [6.45, 7) is 1.45. The van der Waals surface area contributed by atoms with Gasteiger partial charge in [-0.2, -0.15) is 0 Å². The summed E-state index contributed by atoms with van der Waals surface area (Å²) in [6.07, 6.45) is 4.48. The van der Waals surface area contributed by atoms with Gasteiger partial charge in [0.05, 0.1) is 5.39 Å². The first kappa shape index (κ1) is 18.1. The number of amides is 1. The van der Waals surface area contributed by atoms with Gasteiger partial charge in [0.15, 0.2) is 6.10 Å². The van der Waals surface area contributed by atoms with Crippen LogP contribution in [0.3, 0.4) is 0 Å². The van der Waals surface area contributed by atoms with Crippen LogP contribution in [0.2, 0.25) is 0 Å². The number of likely N-dealkylation sites (tertiary alicyclic amines) is 1. The van der Waals surface area contributed by atoms with Crippen molar-refractivity contribution in [1.82, 2.24) is 19.9 Å². The molecule has 2 aromatic heterocycles. The number of nitrogens with one attached hydrogen (secondary N) is 1. The predicted molar refractivity (Wildman–Crippen MR) is 110 cm³/mol. The molecule has 2 fully saturated rings. The van der Waals surface area contributed by atoms with Gasteiger partial charge < -0.3 is 19.9 Å². The van der Waals surface area contributed by atoms with Crippen molar-refractivity contribution in [3.63, 3.8) is 0 Å². The Balaban J connectivity index is 1.25. The number of hydrogen-bond acceptors (Lipinski definition) is 5. The molecule has 7 nitrogen and oxygen atoms in total. The van der Waals surface area contributed by atoms with Gasteiger partial charge in [0.25, 0.3) is 5.91 Å².